The molecule has 0 aliphatic heterocycles. The molecule has 1 nitrogen and oxygen atoms in total. The molecular weight excluding hydrogens is 218 g/mol. The predicted molar refractivity (Wildman–Crippen MR) is 78.3 cm³/mol. The van der Waals surface area contributed by atoms with Crippen LogP contribution < -0.4 is 5.73 Å². The molecule has 0 amide bonds. The minimum atomic E-state index is -0.0960. The van der Waals surface area contributed by atoms with Gasteiger partial charge in [-0.05, 0) is 42.6 Å². The first-order valence-electron chi connectivity index (χ1n) is 7.26. The third-order valence-corrected chi connectivity index (χ3v) is 4.69. The molecule has 0 radical (unpaired) electrons. The van der Waals surface area contributed by atoms with Crippen LogP contribution in [0, 0.1) is 11.3 Å². The molecule has 2 N–H and O–H groups in total. The lowest BCUT2D eigenvalue weighted by Gasteiger charge is -2.31. The Hall–Kier alpha value is -0.820. The average Bonchev–Trinajstić information content (AvgIpc) is 2.53. The van der Waals surface area contributed by atoms with Crippen molar-refractivity contribution in [1.82, 2.24) is 0 Å². The van der Waals surface area contributed by atoms with Crippen LogP contribution in [0.5, 0.6) is 0 Å². The number of nitrogens with two attached hydrogens (primary N) is 1. The van der Waals surface area contributed by atoms with Gasteiger partial charge in [-0.1, -0.05) is 57.5 Å². The Morgan fingerprint density at radius 3 is 2.33 bits per heavy atom. The number of benzene rings is 1. The summed E-state index contributed by atoms with van der Waals surface area (Å²) in [4.78, 5) is 0. The van der Waals surface area contributed by atoms with Crippen LogP contribution in [0.4, 0.5) is 0 Å². The van der Waals surface area contributed by atoms with Gasteiger partial charge in [0.25, 0.3) is 0 Å². The van der Waals surface area contributed by atoms with Crippen molar-refractivity contribution in [1.29, 1.82) is 0 Å². The summed E-state index contributed by atoms with van der Waals surface area (Å²) in [5, 5.41) is 0. The van der Waals surface area contributed by atoms with Gasteiger partial charge in [-0.15, -0.1) is 0 Å². The normalized spacial score (nSPS) is 29.9. The molecule has 100 valence electrons. The Morgan fingerprint density at radius 1 is 1.06 bits per heavy atom. The maximum atomic E-state index is 6.69. The zero-order valence-corrected chi connectivity index (χ0v) is 12.1. The highest BCUT2D eigenvalue weighted by Gasteiger charge is 2.34. The summed E-state index contributed by atoms with van der Waals surface area (Å²) in [6.07, 6.45) is 6.10. The first kappa shape index (κ1) is 13.6. The van der Waals surface area contributed by atoms with Gasteiger partial charge in [0.15, 0.2) is 0 Å². The second kappa shape index (κ2) is 5.05. The van der Waals surface area contributed by atoms with E-state index in [0.717, 1.165) is 18.8 Å². The smallest absolute Gasteiger partial charge is 0.0409 e. The maximum absolute atomic E-state index is 6.69. The lowest BCUT2D eigenvalue weighted by Crippen LogP contribution is -2.36. The standard InChI is InChI=1S/C17H27N/c1-16(2,3)14-10-7-12-17(18,13-11-14)15-8-5-4-6-9-15/h4-6,8-9,14H,7,10-13,18H2,1-3H3. The Labute approximate surface area is 112 Å². The van der Waals surface area contributed by atoms with Crippen LogP contribution in [0.3, 0.4) is 0 Å². The molecule has 0 heterocycles. The largest absolute Gasteiger partial charge is 0.321 e. The van der Waals surface area contributed by atoms with E-state index in [2.05, 4.69) is 51.1 Å². The molecule has 1 fully saturated rings. The molecule has 2 rings (SSSR count). The van der Waals surface area contributed by atoms with Crippen LogP contribution in [0.1, 0.15) is 58.4 Å². The van der Waals surface area contributed by atoms with Gasteiger partial charge in [0.1, 0.15) is 0 Å². The Balaban J connectivity index is 2.14. The minimum absolute atomic E-state index is 0.0960. The van der Waals surface area contributed by atoms with Crippen molar-refractivity contribution in [2.75, 3.05) is 0 Å². The molecule has 0 bridgehead atoms. The molecule has 1 aromatic carbocycles. The summed E-state index contributed by atoms with van der Waals surface area (Å²) in [7, 11) is 0. The fraction of sp³-hybridized carbons (Fsp3) is 0.647. The van der Waals surface area contributed by atoms with Gasteiger partial charge in [0.05, 0.1) is 0 Å². The van der Waals surface area contributed by atoms with Crippen molar-refractivity contribution in [2.24, 2.45) is 17.1 Å². The topological polar surface area (TPSA) is 26.0 Å². The third-order valence-electron chi connectivity index (χ3n) is 4.69. The maximum Gasteiger partial charge on any atom is 0.0409 e. The zero-order chi connectivity index (χ0) is 13.2. The van der Waals surface area contributed by atoms with Gasteiger partial charge in [0.2, 0.25) is 0 Å². The molecular formula is C17H27N. The minimum Gasteiger partial charge on any atom is -0.321 e. The Kier molecular flexibility index (Phi) is 3.82. The highest BCUT2D eigenvalue weighted by molar-refractivity contribution is 5.24. The van der Waals surface area contributed by atoms with E-state index in [1.165, 1.54) is 24.8 Å². The van der Waals surface area contributed by atoms with Crippen LogP contribution in [-0.4, -0.2) is 0 Å². The zero-order valence-electron chi connectivity index (χ0n) is 12.1. The van der Waals surface area contributed by atoms with E-state index in [4.69, 9.17) is 5.73 Å². The number of rotatable bonds is 1. The SMILES string of the molecule is CC(C)(C)C1CCCC(N)(c2ccccc2)CC1. The van der Waals surface area contributed by atoms with Gasteiger partial charge in [0, 0.05) is 5.54 Å². The van der Waals surface area contributed by atoms with E-state index in [1.54, 1.807) is 0 Å². The van der Waals surface area contributed by atoms with E-state index in [-0.39, 0.29) is 5.54 Å². The van der Waals surface area contributed by atoms with Crippen LogP contribution in [0.15, 0.2) is 30.3 Å². The lowest BCUT2D eigenvalue weighted by molar-refractivity contribution is 0.211. The lowest BCUT2D eigenvalue weighted by atomic mass is 9.75. The van der Waals surface area contributed by atoms with E-state index in [0.29, 0.717) is 5.41 Å². The highest BCUT2D eigenvalue weighted by Crippen LogP contribution is 2.42. The van der Waals surface area contributed by atoms with Crippen molar-refractivity contribution < 1.29 is 0 Å². The quantitative estimate of drug-likeness (QED) is 0.726. The van der Waals surface area contributed by atoms with Crippen molar-refractivity contribution in [3.63, 3.8) is 0 Å². The molecule has 1 saturated carbocycles. The summed E-state index contributed by atoms with van der Waals surface area (Å²) in [6.45, 7) is 7.09. The number of hydrogen-bond donors (Lipinski definition) is 1. The Morgan fingerprint density at radius 2 is 1.72 bits per heavy atom. The van der Waals surface area contributed by atoms with Gasteiger partial charge in [-0.25, -0.2) is 0 Å². The first-order valence-corrected chi connectivity index (χ1v) is 7.26. The summed E-state index contributed by atoms with van der Waals surface area (Å²) in [5.41, 5.74) is 8.33. The molecule has 1 aliphatic carbocycles. The second-order valence-electron chi connectivity index (χ2n) is 7.02. The van der Waals surface area contributed by atoms with Crippen LogP contribution in [0.2, 0.25) is 0 Å². The molecule has 1 heteroatoms. The fourth-order valence-corrected chi connectivity index (χ4v) is 3.29. The fourth-order valence-electron chi connectivity index (χ4n) is 3.29. The van der Waals surface area contributed by atoms with E-state index in [1.807, 2.05) is 0 Å². The summed E-state index contributed by atoms with van der Waals surface area (Å²) < 4.78 is 0. The van der Waals surface area contributed by atoms with E-state index in [9.17, 15) is 0 Å². The van der Waals surface area contributed by atoms with Gasteiger partial charge >= 0.3 is 0 Å². The number of hydrogen-bond acceptors (Lipinski definition) is 1. The summed E-state index contributed by atoms with van der Waals surface area (Å²) >= 11 is 0. The molecule has 1 aromatic rings. The average molecular weight is 245 g/mol. The first-order chi connectivity index (χ1) is 8.42. The molecule has 0 aromatic heterocycles. The molecule has 0 spiro atoms. The van der Waals surface area contributed by atoms with Crippen molar-refractivity contribution in [3.05, 3.63) is 35.9 Å². The summed E-state index contributed by atoms with van der Waals surface area (Å²) in [5.74, 6) is 0.812. The van der Waals surface area contributed by atoms with E-state index < -0.39 is 0 Å². The predicted octanol–water partition coefficient (Wildman–Crippen LogP) is 4.47. The molecule has 0 saturated heterocycles. The van der Waals surface area contributed by atoms with Gasteiger partial charge in [-0.3, -0.25) is 0 Å². The third kappa shape index (κ3) is 2.95. The van der Waals surface area contributed by atoms with Crippen LogP contribution >= 0.6 is 0 Å². The Bertz CT molecular complexity index is 376. The molecule has 2 unspecified atom stereocenters. The van der Waals surface area contributed by atoms with Gasteiger partial charge < -0.3 is 5.73 Å². The van der Waals surface area contributed by atoms with Crippen LogP contribution in [0.25, 0.3) is 0 Å². The van der Waals surface area contributed by atoms with Crippen molar-refractivity contribution >= 4 is 0 Å². The van der Waals surface area contributed by atoms with E-state index >= 15 is 0 Å². The summed E-state index contributed by atoms with van der Waals surface area (Å²) in [6, 6.07) is 10.7. The van der Waals surface area contributed by atoms with Crippen molar-refractivity contribution in [3.8, 4) is 0 Å². The molecule has 2 atom stereocenters. The monoisotopic (exact) mass is 245 g/mol. The molecule has 1 aliphatic rings. The highest BCUT2D eigenvalue weighted by atomic mass is 14.7. The second-order valence-corrected chi connectivity index (χ2v) is 7.02. The molecule has 18 heavy (non-hydrogen) atoms. The van der Waals surface area contributed by atoms with Gasteiger partial charge in [-0.2, -0.15) is 0 Å². The van der Waals surface area contributed by atoms with Crippen LogP contribution in [-0.2, 0) is 5.54 Å². The van der Waals surface area contributed by atoms with Crippen molar-refractivity contribution in [2.45, 2.75) is 58.4 Å².